The van der Waals surface area contributed by atoms with Crippen molar-refractivity contribution in [2.45, 2.75) is 25.2 Å². The molecule has 0 nitrogen and oxygen atoms in total. The highest BCUT2D eigenvalue weighted by molar-refractivity contribution is 7.99. The van der Waals surface area contributed by atoms with Crippen LogP contribution in [0.3, 0.4) is 0 Å². The summed E-state index contributed by atoms with van der Waals surface area (Å²) in [5.41, 5.74) is 4.58. The molecule has 1 heteroatoms. The van der Waals surface area contributed by atoms with Gasteiger partial charge in [-0.05, 0) is 31.9 Å². The molecule has 0 bridgehead atoms. The Morgan fingerprint density at radius 3 is 2.77 bits per heavy atom. The maximum Gasteiger partial charge on any atom is 0.0196 e. The summed E-state index contributed by atoms with van der Waals surface area (Å²) >= 11 is 1.97. The van der Waals surface area contributed by atoms with Gasteiger partial charge in [-0.1, -0.05) is 29.3 Å². The quantitative estimate of drug-likeness (QED) is 0.562. The molecule has 0 amide bonds. The third kappa shape index (κ3) is 1.80. The Morgan fingerprint density at radius 2 is 2.00 bits per heavy atom. The maximum atomic E-state index is 2.24. The molecule has 0 radical (unpaired) electrons. The van der Waals surface area contributed by atoms with Crippen molar-refractivity contribution in [3.05, 3.63) is 41.0 Å². The van der Waals surface area contributed by atoms with Gasteiger partial charge in [0.25, 0.3) is 0 Å². The van der Waals surface area contributed by atoms with Crippen LogP contribution in [0, 0.1) is 0 Å². The molecule has 1 aromatic rings. The van der Waals surface area contributed by atoms with E-state index >= 15 is 0 Å². The summed E-state index contributed by atoms with van der Waals surface area (Å²) in [6, 6.07) is 8.72. The molecule has 0 unspecified atom stereocenters. The highest BCUT2D eigenvalue weighted by Gasteiger charge is 2.12. The van der Waals surface area contributed by atoms with Crippen LogP contribution in [0.1, 0.15) is 19.4 Å². The third-order valence-electron chi connectivity index (χ3n) is 2.49. The van der Waals surface area contributed by atoms with Crippen LogP contribution in [-0.4, -0.2) is 5.75 Å². The number of rotatable bonds is 0. The molecule has 68 valence electrons. The van der Waals surface area contributed by atoms with Crippen LogP contribution in [0.15, 0.2) is 40.3 Å². The largest absolute Gasteiger partial charge is 0.121 e. The molecular formula is C12H14S. The summed E-state index contributed by atoms with van der Waals surface area (Å²) in [6.07, 6.45) is 1.16. The van der Waals surface area contributed by atoms with Crippen LogP contribution in [0.2, 0.25) is 0 Å². The van der Waals surface area contributed by atoms with E-state index < -0.39 is 0 Å². The summed E-state index contributed by atoms with van der Waals surface area (Å²) < 4.78 is 0. The standard InChI is InChI=1S/C12H14S/c1-9(2)11-7-10-5-3-4-6-12(10)13-8-11/h3-6H,7-8H2,1-2H3. The Labute approximate surface area is 84.0 Å². The molecule has 1 aromatic carbocycles. The van der Waals surface area contributed by atoms with Gasteiger partial charge in [-0.2, -0.15) is 0 Å². The van der Waals surface area contributed by atoms with Gasteiger partial charge in [0.1, 0.15) is 0 Å². The fourth-order valence-corrected chi connectivity index (χ4v) is 2.78. The molecule has 0 aliphatic carbocycles. The summed E-state index contributed by atoms with van der Waals surface area (Å²) in [7, 11) is 0. The summed E-state index contributed by atoms with van der Waals surface area (Å²) in [5, 5.41) is 0. The predicted molar refractivity (Wildman–Crippen MR) is 59.2 cm³/mol. The normalized spacial score (nSPS) is 15.4. The van der Waals surface area contributed by atoms with Crippen molar-refractivity contribution in [1.82, 2.24) is 0 Å². The highest BCUT2D eigenvalue weighted by Crippen LogP contribution is 2.33. The van der Waals surface area contributed by atoms with Crippen LogP contribution in [-0.2, 0) is 6.42 Å². The summed E-state index contributed by atoms with van der Waals surface area (Å²) in [5.74, 6) is 1.18. The van der Waals surface area contributed by atoms with Crippen molar-refractivity contribution in [2.24, 2.45) is 0 Å². The lowest BCUT2D eigenvalue weighted by Crippen LogP contribution is -2.03. The van der Waals surface area contributed by atoms with E-state index in [1.807, 2.05) is 11.8 Å². The fourth-order valence-electron chi connectivity index (χ4n) is 1.56. The van der Waals surface area contributed by atoms with E-state index in [1.54, 1.807) is 5.57 Å². The van der Waals surface area contributed by atoms with Gasteiger partial charge in [0.2, 0.25) is 0 Å². The van der Waals surface area contributed by atoms with Crippen molar-refractivity contribution < 1.29 is 0 Å². The lowest BCUT2D eigenvalue weighted by atomic mass is 10.0. The fraction of sp³-hybridized carbons (Fsp3) is 0.333. The van der Waals surface area contributed by atoms with Crippen LogP contribution >= 0.6 is 11.8 Å². The second-order valence-electron chi connectivity index (χ2n) is 3.68. The zero-order valence-corrected chi connectivity index (χ0v) is 8.95. The third-order valence-corrected chi connectivity index (χ3v) is 3.69. The molecule has 13 heavy (non-hydrogen) atoms. The predicted octanol–water partition coefficient (Wildman–Crippen LogP) is 3.67. The molecule has 2 rings (SSSR count). The van der Waals surface area contributed by atoms with Crippen LogP contribution in [0.5, 0.6) is 0 Å². The molecule has 0 fully saturated rings. The number of fused-ring (bicyclic) bond motifs is 1. The molecule has 1 aliphatic rings. The second kappa shape index (κ2) is 3.59. The van der Waals surface area contributed by atoms with Gasteiger partial charge < -0.3 is 0 Å². The van der Waals surface area contributed by atoms with Gasteiger partial charge in [-0.15, -0.1) is 11.8 Å². The number of hydrogen-bond donors (Lipinski definition) is 0. The molecule has 0 aromatic heterocycles. The van der Waals surface area contributed by atoms with Crippen LogP contribution in [0.25, 0.3) is 0 Å². The number of thioether (sulfide) groups is 1. The minimum Gasteiger partial charge on any atom is -0.121 e. The van der Waals surface area contributed by atoms with E-state index in [0.717, 1.165) is 6.42 Å². The number of allylic oxidation sites excluding steroid dienone is 1. The molecule has 0 spiro atoms. The SMILES string of the molecule is CC(C)=C1CSc2ccccc2C1. The monoisotopic (exact) mass is 190 g/mol. The highest BCUT2D eigenvalue weighted by atomic mass is 32.2. The average molecular weight is 190 g/mol. The zero-order valence-electron chi connectivity index (χ0n) is 8.13. The Bertz CT molecular complexity index is 346. The van der Waals surface area contributed by atoms with E-state index in [1.165, 1.54) is 21.8 Å². The van der Waals surface area contributed by atoms with Gasteiger partial charge in [0.15, 0.2) is 0 Å². The van der Waals surface area contributed by atoms with E-state index in [-0.39, 0.29) is 0 Å². The first-order valence-corrected chi connectivity index (χ1v) is 5.62. The smallest absolute Gasteiger partial charge is 0.0196 e. The lowest BCUT2D eigenvalue weighted by molar-refractivity contribution is 1.04. The average Bonchev–Trinajstić information content (AvgIpc) is 2.17. The molecule has 1 heterocycles. The number of hydrogen-bond acceptors (Lipinski definition) is 1. The maximum absolute atomic E-state index is 2.24. The molecule has 0 N–H and O–H groups in total. The Hall–Kier alpha value is -0.690. The van der Waals surface area contributed by atoms with Crippen LogP contribution in [0.4, 0.5) is 0 Å². The van der Waals surface area contributed by atoms with Crippen molar-refractivity contribution in [2.75, 3.05) is 5.75 Å². The van der Waals surface area contributed by atoms with Gasteiger partial charge >= 0.3 is 0 Å². The second-order valence-corrected chi connectivity index (χ2v) is 4.69. The summed E-state index contributed by atoms with van der Waals surface area (Å²) in [4.78, 5) is 1.47. The molecule has 0 saturated heterocycles. The van der Waals surface area contributed by atoms with Crippen molar-refractivity contribution >= 4 is 11.8 Å². The minimum atomic E-state index is 1.16. The summed E-state index contributed by atoms with van der Waals surface area (Å²) in [6.45, 7) is 4.42. The van der Waals surface area contributed by atoms with Gasteiger partial charge in [-0.25, -0.2) is 0 Å². The molecule has 0 saturated carbocycles. The van der Waals surface area contributed by atoms with E-state index in [9.17, 15) is 0 Å². The van der Waals surface area contributed by atoms with E-state index in [0.29, 0.717) is 0 Å². The first-order chi connectivity index (χ1) is 6.27. The molecule has 0 atom stereocenters. The van der Waals surface area contributed by atoms with Crippen molar-refractivity contribution in [1.29, 1.82) is 0 Å². The first-order valence-electron chi connectivity index (χ1n) is 4.63. The lowest BCUT2D eigenvalue weighted by Gasteiger charge is -2.19. The minimum absolute atomic E-state index is 1.16. The van der Waals surface area contributed by atoms with E-state index in [4.69, 9.17) is 0 Å². The molecule has 1 aliphatic heterocycles. The number of benzene rings is 1. The van der Waals surface area contributed by atoms with Crippen molar-refractivity contribution in [3.8, 4) is 0 Å². The topological polar surface area (TPSA) is 0 Å². The van der Waals surface area contributed by atoms with E-state index in [2.05, 4.69) is 38.1 Å². The zero-order chi connectivity index (χ0) is 9.26. The Kier molecular flexibility index (Phi) is 2.45. The van der Waals surface area contributed by atoms with Gasteiger partial charge in [0.05, 0.1) is 0 Å². The van der Waals surface area contributed by atoms with Gasteiger partial charge in [0, 0.05) is 10.6 Å². The van der Waals surface area contributed by atoms with Crippen molar-refractivity contribution in [3.63, 3.8) is 0 Å². The Balaban J connectivity index is 2.35. The Morgan fingerprint density at radius 1 is 1.23 bits per heavy atom. The van der Waals surface area contributed by atoms with Gasteiger partial charge in [-0.3, -0.25) is 0 Å². The first kappa shape index (κ1) is 8.89. The van der Waals surface area contributed by atoms with Crippen LogP contribution < -0.4 is 0 Å². The molecular weight excluding hydrogens is 176 g/mol.